The van der Waals surface area contributed by atoms with Gasteiger partial charge in [-0.1, -0.05) is 0 Å². The highest BCUT2D eigenvalue weighted by Crippen LogP contribution is 2.36. The number of pyridine rings is 1. The molecular weight excluding hydrogens is 322 g/mol. The van der Waals surface area contributed by atoms with Crippen molar-refractivity contribution in [3.05, 3.63) is 52.3 Å². The van der Waals surface area contributed by atoms with Gasteiger partial charge in [0.05, 0.1) is 24.8 Å². The van der Waals surface area contributed by atoms with Crippen molar-refractivity contribution < 1.29 is 14.3 Å². The molecule has 0 amide bonds. The minimum Gasteiger partial charge on any atom is -0.497 e. The fourth-order valence-corrected chi connectivity index (χ4v) is 2.41. The van der Waals surface area contributed by atoms with E-state index in [0.717, 1.165) is 10.2 Å². The highest BCUT2D eigenvalue weighted by Gasteiger charge is 2.28. The van der Waals surface area contributed by atoms with E-state index in [4.69, 9.17) is 9.47 Å². The number of hydrogen-bond donors (Lipinski definition) is 0. The van der Waals surface area contributed by atoms with Gasteiger partial charge in [0.1, 0.15) is 17.6 Å². The van der Waals surface area contributed by atoms with Crippen LogP contribution in [0.4, 0.5) is 0 Å². The molecule has 0 fully saturated rings. The third-order valence-electron chi connectivity index (χ3n) is 3.21. The second-order valence-electron chi connectivity index (χ2n) is 4.50. The summed E-state index contributed by atoms with van der Waals surface area (Å²) in [7, 11) is 1.58. The molecule has 4 nitrogen and oxygen atoms in total. The number of rotatable bonds is 2. The van der Waals surface area contributed by atoms with Crippen molar-refractivity contribution >= 4 is 21.7 Å². The van der Waals surface area contributed by atoms with Gasteiger partial charge < -0.3 is 9.47 Å². The third kappa shape index (κ3) is 2.41. The van der Waals surface area contributed by atoms with Crippen LogP contribution in [-0.2, 0) is 0 Å². The van der Waals surface area contributed by atoms with Gasteiger partial charge in [0.15, 0.2) is 5.78 Å². The average Bonchev–Trinajstić information content (AvgIpc) is 2.47. The lowest BCUT2D eigenvalue weighted by Gasteiger charge is -2.25. The minimum absolute atomic E-state index is 0.0589. The molecule has 0 saturated carbocycles. The molecular formula is C15H12BrNO3. The van der Waals surface area contributed by atoms with Gasteiger partial charge in [0.2, 0.25) is 0 Å². The number of ether oxygens (including phenoxy) is 2. The molecule has 1 aliphatic rings. The number of carbonyl (C=O) groups excluding carboxylic acids is 1. The first kappa shape index (κ1) is 13.1. The molecule has 1 atom stereocenters. The molecule has 3 rings (SSSR count). The minimum atomic E-state index is -0.352. The summed E-state index contributed by atoms with van der Waals surface area (Å²) in [6.45, 7) is 0. The number of halogens is 1. The van der Waals surface area contributed by atoms with Crippen molar-refractivity contribution in [1.82, 2.24) is 4.98 Å². The molecule has 0 aliphatic carbocycles. The molecule has 0 N–H and O–H groups in total. The molecule has 1 aromatic heterocycles. The number of benzene rings is 1. The fourth-order valence-electron chi connectivity index (χ4n) is 2.17. The molecule has 0 bridgehead atoms. The molecule has 1 aromatic carbocycles. The van der Waals surface area contributed by atoms with E-state index in [1.165, 1.54) is 0 Å². The van der Waals surface area contributed by atoms with Crippen LogP contribution in [0.2, 0.25) is 0 Å². The summed E-state index contributed by atoms with van der Waals surface area (Å²) in [5, 5.41) is 0. The van der Waals surface area contributed by atoms with Crippen LogP contribution in [0.25, 0.3) is 0 Å². The molecule has 1 aliphatic heterocycles. The van der Waals surface area contributed by atoms with Gasteiger partial charge in [-0.25, -0.2) is 0 Å². The zero-order valence-electron chi connectivity index (χ0n) is 10.8. The number of fused-ring (bicyclic) bond motifs is 1. The van der Waals surface area contributed by atoms with Crippen molar-refractivity contribution in [2.75, 3.05) is 7.11 Å². The smallest absolute Gasteiger partial charge is 0.170 e. The van der Waals surface area contributed by atoms with Crippen molar-refractivity contribution in [2.24, 2.45) is 0 Å². The Labute approximate surface area is 124 Å². The second kappa shape index (κ2) is 5.25. The van der Waals surface area contributed by atoms with E-state index in [0.29, 0.717) is 23.5 Å². The zero-order valence-corrected chi connectivity index (χ0v) is 12.4. The lowest BCUT2D eigenvalue weighted by molar-refractivity contribution is 0.0844. The van der Waals surface area contributed by atoms with E-state index in [1.54, 1.807) is 31.5 Å². The highest BCUT2D eigenvalue weighted by atomic mass is 79.9. The average molecular weight is 334 g/mol. The summed E-state index contributed by atoms with van der Waals surface area (Å²) in [4.78, 5) is 16.5. The maximum Gasteiger partial charge on any atom is 0.170 e. The normalized spacial score (nSPS) is 17.3. The number of ketones is 1. The Morgan fingerprint density at radius 2 is 2.20 bits per heavy atom. The van der Waals surface area contributed by atoms with Crippen LogP contribution in [0.5, 0.6) is 11.5 Å². The Hall–Kier alpha value is -1.88. The maximum absolute atomic E-state index is 12.2. The predicted molar refractivity (Wildman–Crippen MR) is 77.2 cm³/mol. The van der Waals surface area contributed by atoms with Crippen LogP contribution in [-0.4, -0.2) is 17.9 Å². The van der Waals surface area contributed by atoms with Crippen molar-refractivity contribution in [1.29, 1.82) is 0 Å². The van der Waals surface area contributed by atoms with E-state index in [-0.39, 0.29) is 11.9 Å². The first-order chi connectivity index (χ1) is 9.67. The molecule has 20 heavy (non-hydrogen) atoms. The molecule has 2 aromatic rings. The molecule has 102 valence electrons. The topological polar surface area (TPSA) is 48.4 Å². The van der Waals surface area contributed by atoms with Gasteiger partial charge in [-0.2, -0.15) is 0 Å². The van der Waals surface area contributed by atoms with Crippen LogP contribution in [0.3, 0.4) is 0 Å². The van der Waals surface area contributed by atoms with Crippen molar-refractivity contribution in [3.63, 3.8) is 0 Å². The largest absolute Gasteiger partial charge is 0.497 e. The zero-order chi connectivity index (χ0) is 14.1. The predicted octanol–water partition coefficient (Wildman–Crippen LogP) is 3.56. The van der Waals surface area contributed by atoms with E-state index in [9.17, 15) is 4.79 Å². The summed E-state index contributed by atoms with van der Waals surface area (Å²) < 4.78 is 11.9. The maximum atomic E-state index is 12.2. The second-order valence-corrected chi connectivity index (χ2v) is 5.41. The Morgan fingerprint density at radius 1 is 1.35 bits per heavy atom. The van der Waals surface area contributed by atoms with Gasteiger partial charge in [-0.05, 0) is 40.2 Å². The van der Waals surface area contributed by atoms with Crippen molar-refractivity contribution in [2.45, 2.75) is 12.5 Å². The number of Topliss-reactive ketones (excluding diaryl/α,β-unsaturated/α-hetero) is 1. The number of aromatic nitrogens is 1. The molecule has 2 heterocycles. The monoisotopic (exact) mass is 333 g/mol. The summed E-state index contributed by atoms with van der Waals surface area (Å²) in [6.07, 6.45) is 1.65. The summed E-state index contributed by atoms with van der Waals surface area (Å²) >= 11 is 3.34. The Kier molecular flexibility index (Phi) is 3.44. The van der Waals surface area contributed by atoms with Crippen molar-refractivity contribution in [3.8, 4) is 11.5 Å². The molecule has 0 spiro atoms. The summed E-state index contributed by atoms with van der Waals surface area (Å²) in [6, 6.07) is 8.97. The Bertz CT molecular complexity index is 655. The van der Waals surface area contributed by atoms with Crippen LogP contribution in [0, 0.1) is 0 Å². The lowest BCUT2D eigenvalue weighted by Crippen LogP contribution is -2.21. The summed E-state index contributed by atoms with van der Waals surface area (Å²) in [5.41, 5.74) is 1.34. The van der Waals surface area contributed by atoms with Gasteiger partial charge in [-0.15, -0.1) is 0 Å². The molecule has 0 saturated heterocycles. The van der Waals surface area contributed by atoms with Gasteiger partial charge in [0, 0.05) is 16.7 Å². The molecule has 5 heteroatoms. The van der Waals surface area contributed by atoms with Gasteiger partial charge >= 0.3 is 0 Å². The van der Waals surface area contributed by atoms with Gasteiger partial charge in [0.25, 0.3) is 0 Å². The van der Waals surface area contributed by atoms with Crippen LogP contribution in [0.15, 0.2) is 41.0 Å². The van der Waals surface area contributed by atoms with Crippen LogP contribution < -0.4 is 9.47 Å². The first-order valence-corrected chi connectivity index (χ1v) is 6.96. The Balaban J connectivity index is 1.94. The van der Waals surface area contributed by atoms with Crippen LogP contribution in [0.1, 0.15) is 28.6 Å². The Morgan fingerprint density at radius 3 is 2.90 bits per heavy atom. The standard InChI is InChI=1S/C15H12BrNO3/c1-19-10-3-4-11-13(18)7-15(20-14(11)6-10)12-5-2-9(16)8-17-12/h2-6,8,15H,7H2,1H3. The highest BCUT2D eigenvalue weighted by molar-refractivity contribution is 9.10. The lowest BCUT2D eigenvalue weighted by atomic mass is 9.98. The third-order valence-corrected chi connectivity index (χ3v) is 3.68. The van der Waals surface area contributed by atoms with E-state index >= 15 is 0 Å². The molecule has 0 radical (unpaired) electrons. The number of carbonyl (C=O) groups is 1. The molecule has 1 unspecified atom stereocenters. The van der Waals surface area contributed by atoms with E-state index in [1.807, 2.05) is 12.1 Å². The number of methoxy groups -OCH3 is 1. The number of nitrogens with zero attached hydrogens (tertiary/aromatic N) is 1. The SMILES string of the molecule is COc1ccc2c(c1)OC(c1ccc(Br)cn1)CC2=O. The summed E-state index contributed by atoms with van der Waals surface area (Å²) in [5.74, 6) is 1.28. The van der Waals surface area contributed by atoms with Gasteiger partial charge in [-0.3, -0.25) is 9.78 Å². The first-order valence-electron chi connectivity index (χ1n) is 6.16. The fraction of sp³-hybridized carbons (Fsp3) is 0.200. The van der Waals surface area contributed by atoms with E-state index < -0.39 is 0 Å². The van der Waals surface area contributed by atoms with Crippen LogP contribution >= 0.6 is 15.9 Å². The van der Waals surface area contributed by atoms with E-state index in [2.05, 4.69) is 20.9 Å². The quantitative estimate of drug-likeness (QED) is 0.843. The number of hydrogen-bond acceptors (Lipinski definition) is 4.